The van der Waals surface area contributed by atoms with E-state index in [1.54, 1.807) is 20.0 Å². The summed E-state index contributed by atoms with van der Waals surface area (Å²) in [5.74, 6) is 0.426. The van der Waals surface area contributed by atoms with Gasteiger partial charge in [-0.1, -0.05) is 11.8 Å². The first-order chi connectivity index (χ1) is 10.2. The van der Waals surface area contributed by atoms with E-state index in [2.05, 4.69) is 9.97 Å². The van der Waals surface area contributed by atoms with E-state index in [4.69, 9.17) is 5.73 Å². The fraction of sp³-hybridized carbons (Fsp3) is 0.615. The number of hydrogen-bond donors (Lipinski definition) is 1. The molecule has 2 atom stereocenters. The summed E-state index contributed by atoms with van der Waals surface area (Å²) in [6, 6.07) is 1.41. The second kappa shape index (κ2) is 6.41. The molecule has 7 nitrogen and oxygen atoms in total. The highest BCUT2D eigenvalue weighted by molar-refractivity contribution is 8.00. The molecule has 0 radical (unpaired) electrons. The highest BCUT2D eigenvalue weighted by atomic mass is 32.2. The Balaban J connectivity index is 2.02. The molecule has 22 heavy (non-hydrogen) atoms. The number of thioether (sulfide) groups is 1. The summed E-state index contributed by atoms with van der Waals surface area (Å²) in [5, 5.41) is 0.0419. The van der Waals surface area contributed by atoms with Gasteiger partial charge < -0.3 is 10.6 Å². The van der Waals surface area contributed by atoms with Gasteiger partial charge in [-0.2, -0.15) is 0 Å². The van der Waals surface area contributed by atoms with Gasteiger partial charge in [0.25, 0.3) is 0 Å². The van der Waals surface area contributed by atoms with Crippen molar-refractivity contribution in [3.05, 3.63) is 11.8 Å². The molecular formula is C13H20N4O3S2. The van der Waals surface area contributed by atoms with Crippen LogP contribution >= 0.6 is 11.8 Å². The number of carbonyl (C=O) groups excluding carboxylic acids is 1. The molecule has 1 aromatic rings. The number of carbonyl (C=O) groups is 1. The SMILES string of the molecule is Cc1cc(N)nc(S[C@@H](C)C(=O)N(C)[C@H]2CCS(=O)(=O)C2)n1. The lowest BCUT2D eigenvalue weighted by atomic mass is 10.2. The Morgan fingerprint density at radius 3 is 2.73 bits per heavy atom. The van der Waals surface area contributed by atoms with Gasteiger partial charge in [-0.3, -0.25) is 4.79 Å². The molecule has 1 aliphatic rings. The maximum Gasteiger partial charge on any atom is 0.235 e. The summed E-state index contributed by atoms with van der Waals surface area (Å²) in [7, 11) is -1.36. The van der Waals surface area contributed by atoms with Crippen LogP contribution in [0.1, 0.15) is 19.0 Å². The summed E-state index contributed by atoms with van der Waals surface area (Å²) in [4.78, 5) is 22.3. The zero-order valence-electron chi connectivity index (χ0n) is 12.8. The number of nitrogens with two attached hydrogens (primary N) is 1. The lowest BCUT2D eigenvalue weighted by molar-refractivity contribution is -0.130. The van der Waals surface area contributed by atoms with Gasteiger partial charge in [-0.05, 0) is 20.3 Å². The molecule has 1 aliphatic heterocycles. The zero-order valence-corrected chi connectivity index (χ0v) is 14.4. The fourth-order valence-electron chi connectivity index (χ4n) is 2.37. The van der Waals surface area contributed by atoms with Crippen molar-refractivity contribution in [3.8, 4) is 0 Å². The molecule has 0 spiro atoms. The van der Waals surface area contributed by atoms with Crippen LogP contribution in [0.25, 0.3) is 0 Å². The largest absolute Gasteiger partial charge is 0.384 e. The van der Waals surface area contributed by atoms with E-state index >= 15 is 0 Å². The van der Waals surface area contributed by atoms with Crippen LogP contribution in [-0.2, 0) is 14.6 Å². The first kappa shape index (κ1) is 17.0. The van der Waals surface area contributed by atoms with Gasteiger partial charge >= 0.3 is 0 Å². The number of hydrogen-bond acceptors (Lipinski definition) is 7. The Morgan fingerprint density at radius 2 is 2.18 bits per heavy atom. The zero-order chi connectivity index (χ0) is 16.5. The molecule has 1 amide bonds. The average Bonchev–Trinajstić information content (AvgIpc) is 2.76. The predicted molar refractivity (Wildman–Crippen MR) is 86.3 cm³/mol. The summed E-state index contributed by atoms with van der Waals surface area (Å²) in [5.41, 5.74) is 6.41. The van der Waals surface area contributed by atoms with Gasteiger partial charge in [0.1, 0.15) is 5.82 Å². The van der Waals surface area contributed by atoms with Gasteiger partial charge in [-0.25, -0.2) is 18.4 Å². The van der Waals surface area contributed by atoms with Crippen LogP contribution in [0.3, 0.4) is 0 Å². The molecule has 0 unspecified atom stereocenters. The topological polar surface area (TPSA) is 106 Å². The number of aromatic nitrogens is 2. The van der Waals surface area contributed by atoms with Crippen molar-refractivity contribution >= 4 is 33.3 Å². The number of nitrogens with zero attached hydrogens (tertiary/aromatic N) is 3. The average molecular weight is 344 g/mol. The van der Waals surface area contributed by atoms with Gasteiger partial charge in [0.05, 0.1) is 16.8 Å². The number of rotatable bonds is 4. The molecule has 1 aromatic heterocycles. The summed E-state index contributed by atoms with van der Waals surface area (Å²) < 4.78 is 23.1. The van der Waals surface area contributed by atoms with E-state index in [-0.39, 0.29) is 23.5 Å². The van der Waals surface area contributed by atoms with Crippen molar-refractivity contribution in [1.29, 1.82) is 0 Å². The molecule has 0 saturated carbocycles. The highest BCUT2D eigenvalue weighted by Gasteiger charge is 2.34. The summed E-state index contributed by atoms with van der Waals surface area (Å²) in [6.45, 7) is 3.57. The second-order valence-electron chi connectivity index (χ2n) is 5.48. The fourth-order valence-corrected chi connectivity index (χ4v) is 5.09. The van der Waals surface area contributed by atoms with Crippen molar-refractivity contribution in [1.82, 2.24) is 14.9 Å². The Hall–Kier alpha value is -1.35. The van der Waals surface area contributed by atoms with Crippen LogP contribution in [0.15, 0.2) is 11.2 Å². The minimum atomic E-state index is -3.01. The van der Waals surface area contributed by atoms with E-state index in [0.29, 0.717) is 17.4 Å². The van der Waals surface area contributed by atoms with Crippen LogP contribution in [0.2, 0.25) is 0 Å². The van der Waals surface area contributed by atoms with Crippen LogP contribution in [-0.4, -0.2) is 59.0 Å². The Bertz CT molecular complexity index is 658. The summed E-state index contributed by atoms with van der Waals surface area (Å²) in [6.07, 6.45) is 0.496. The highest BCUT2D eigenvalue weighted by Crippen LogP contribution is 2.24. The lowest BCUT2D eigenvalue weighted by Gasteiger charge is -2.26. The molecule has 2 N–H and O–H groups in total. The number of amides is 1. The van der Waals surface area contributed by atoms with Crippen molar-refractivity contribution in [2.75, 3.05) is 24.3 Å². The normalized spacial score (nSPS) is 21.5. The molecule has 0 aliphatic carbocycles. The van der Waals surface area contributed by atoms with Gasteiger partial charge in [-0.15, -0.1) is 0 Å². The molecule has 0 bridgehead atoms. The standard InChI is InChI=1S/C13H20N4O3S2/c1-8-6-11(14)16-13(15-8)21-9(2)12(18)17(3)10-4-5-22(19,20)7-10/h6,9-10H,4-5,7H2,1-3H3,(H2,14,15,16)/t9-,10-/m0/s1. The van der Waals surface area contributed by atoms with Crippen molar-refractivity contribution < 1.29 is 13.2 Å². The lowest BCUT2D eigenvalue weighted by Crippen LogP contribution is -2.41. The van der Waals surface area contributed by atoms with E-state index in [0.717, 1.165) is 5.69 Å². The molecular weight excluding hydrogens is 324 g/mol. The van der Waals surface area contributed by atoms with Crippen molar-refractivity contribution in [2.24, 2.45) is 0 Å². The third kappa shape index (κ3) is 4.10. The van der Waals surface area contributed by atoms with Crippen molar-refractivity contribution in [2.45, 2.75) is 36.7 Å². The molecule has 1 saturated heterocycles. The Kier molecular flexibility index (Phi) is 4.96. The molecule has 9 heteroatoms. The molecule has 1 fully saturated rings. The number of nitrogen functional groups attached to an aromatic ring is 1. The maximum absolute atomic E-state index is 12.4. The molecule has 2 rings (SSSR count). The molecule has 2 heterocycles. The van der Waals surface area contributed by atoms with Crippen LogP contribution < -0.4 is 5.73 Å². The summed E-state index contributed by atoms with van der Waals surface area (Å²) >= 11 is 1.22. The molecule has 0 aromatic carbocycles. The van der Waals surface area contributed by atoms with E-state index in [9.17, 15) is 13.2 Å². The Morgan fingerprint density at radius 1 is 1.50 bits per heavy atom. The van der Waals surface area contributed by atoms with Gasteiger partial charge in [0.2, 0.25) is 5.91 Å². The first-order valence-corrected chi connectivity index (χ1v) is 9.63. The van der Waals surface area contributed by atoms with Crippen LogP contribution in [0, 0.1) is 6.92 Å². The second-order valence-corrected chi connectivity index (χ2v) is 9.02. The minimum Gasteiger partial charge on any atom is -0.384 e. The quantitative estimate of drug-likeness (QED) is 0.626. The number of aryl methyl sites for hydroxylation is 1. The predicted octanol–water partition coefficient (Wildman–Crippen LogP) is 0.493. The number of anilines is 1. The van der Waals surface area contributed by atoms with E-state index in [1.165, 1.54) is 16.7 Å². The monoisotopic (exact) mass is 344 g/mol. The van der Waals surface area contributed by atoms with E-state index in [1.807, 2.05) is 6.92 Å². The van der Waals surface area contributed by atoms with Gasteiger partial charge in [0, 0.05) is 24.8 Å². The van der Waals surface area contributed by atoms with E-state index < -0.39 is 15.1 Å². The third-order valence-electron chi connectivity index (χ3n) is 3.59. The van der Waals surface area contributed by atoms with Crippen LogP contribution in [0.5, 0.6) is 0 Å². The third-order valence-corrected chi connectivity index (χ3v) is 6.29. The number of sulfone groups is 1. The molecule has 122 valence electrons. The Labute approximate surface area is 134 Å². The van der Waals surface area contributed by atoms with Crippen molar-refractivity contribution in [3.63, 3.8) is 0 Å². The van der Waals surface area contributed by atoms with Gasteiger partial charge in [0.15, 0.2) is 15.0 Å². The maximum atomic E-state index is 12.4. The van der Waals surface area contributed by atoms with Crippen LogP contribution in [0.4, 0.5) is 5.82 Å². The minimum absolute atomic E-state index is 0.0422. The smallest absolute Gasteiger partial charge is 0.235 e. The first-order valence-electron chi connectivity index (χ1n) is 6.93.